The predicted molar refractivity (Wildman–Crippen MR) is 106 cm³/mol. The van der Waals surface area contributed by atoms with Crippen LogP contribution in [0.2, 0.25) is 0 Å². The Bertz CT molecular complexity index is 457. The highest BCUT2D eigenvalue weighted by atomic mass is 16.5. The van der Waals surface area contributed by atoms with Crippen LogP contribution in [0, 0.1) is 0 Å². The minimum absolute atomic E-state index is 0.101. The van der Waals surface area contributed by atoms with Crippen LogP contribution in [0.25, 0.3) is 0 Å². The molecule has 8 heteroatoms. The Kier molecular flexibility index (Phi) is 12.4. The van der Waals surface area contributed by atoms with Gasteiger partial charge in [0, 0.05) is 37.3 Å². The summed E-state index contributed by atoms with van der Waals surface area (Å²) in [5.74, 6) is -0.201. The fraction of sp³-hybridized carbons (Fsp3) is 0.700. The molecule has 0 aromatic heterocycles. The first kappa shape index (κ1) is 24.3. The summed E-state index contributed by atoms with van der Waals surface area (Å²) in [5.41, 5.74) is 0.977. The van der Waals surface area contributed by atoms with E-state index in [0.717, 1.165) is 0 Å². The molecule has 160 valence electrons. The van der Waals surface area contributed by atoms with E-state index >= 15 is 0 Å². The van der Waals surface area contributed by atoms with Crippen LogP contribution < -0.4 is 0 Å². The minimum Gasteiger partial charge on any atom is -0.377 e. The lowest BCUT2D eigenvalue weighted by atomic mass is 10.3. The minimum atomic E-state index is -0.101. The van der Waals surface area contributed by atoms with E-state index in [0.29, 0.717) is 90.2 Å². The maximum Gasteiger partial charge on any atom is 0.249 e. The summed E-state index contributed by atoms with van der Waals surface area (Å²) in [4.78, 5) is 27.7. The van der Waals surface area contributed by atoms with Crippen LogP contribution in [0.5, 0.6) is 0 Å². The molecular formula is C20H34N2O6. The molecule has 0 aliphatic carbocycles. The average molecular weight is 399 g/mol. The standard InChI is InChI=1S/C20H34N2O6/c1-17(2)19(23)21-5-9-25-13-15-27-11-7-22(20(24)18(3)4)8-12-28-16-14-26-10-6-21/h1,3,5-16H2,2,4H3. The van der Waals surface area contributed by atoms with Crippen molar-refractivity contribution in [1.29, 1.82) is 0 Å². The van der Waals surface area contributed by atoms with Gasteiger partial charge in [0.1, 0.15) is 0 Å². The van der Waals surface area contributed by atoms with Crippen LogP contribution >= 0.6 is 0 Å². The van der Waals surface area contributed by atoms with Crippen molar-refractivity contribution in [3.8, 4) is 0 Å². The third-order valence-electron chi connectivity index (χ3n) is 4.07. The Labute approximate surface area is 168 Å². The second-order valence-electron chi connectivity index (χ2n) is 6.59. The van der Waals surface area contributed by atoms with E-state index in [9.17, 15) is 9.59 Å². The van der Waals surface area contributed by atoms with Crippen LogP contribution in [0.3, 0.4) is 0 Å². The second-order valence-corrected chi connectivity index (χ2v) is 6.59. The Morgan fingerprint density at radius 2 is 0.821 bits per heavy atom. The van der Waals surface area contributed by atoms with Gasteiger partial charge in [-0.25, -0.2) is 0 Å². The van der Waals surface area contributed by atoms with Crippen LogP contribution in [-0.4, -0.2) is 101 Å². The van der Waals surface area contributed by atoms with E-state index in [4.69, 9.17) is 18.9 Å². The summed E-state index contributed by atoms with van der Waals surface area (Å²) in [6, 6.07) is 0. The number of carbonyl (C=O) groups excluding carboxylic acids is 2. The summed E-state index contributed by atoms with van der Waals surface area (Å²) < 4.78 is 22.2. The van der Waals surface area contributed by atoms with E-state index in [1.54, 1.807) is 23.6 Å². The molecule has 2 amide bonds. The van der Waals surface area contributed by atoms with Crippen LogP contribution in [0.15, 0.2) is 24.3 Å². The number of carbonyl (C=O) groups is 2. The number of hydrogen-bond donors (Lipinski definition) is 0. The molecule has 0 aromatic carbocycles. The van der Waals surface area contributed by atoms with Gasteiger partial charge in [0.05, 0.1) is 52.9 Å². The molecule has 0 radical (unpaired) electrons. The van der Waals surface area contributed by atoms with Crippen LogP contribution in [0.4, 0.5) is 0 Å². The number of rotatable bonds is 2. The van der Waals surface area contributed by atoms with Gasteiger partial charge >= 0.3 is 0 Å². The molecule has 8 nitrogen and oxygen atoms in total. The zero-order chi connectivity index (χ0) is 20.8. The zero-order valence-corrected chi connectivity index (χ0v) is 17.2. The van der Waals surface area contributed by atoms with Crippen molar-refractivity contribution in [3.05, 3.63) is 24.3 Å². The third-order valence-corrected chi connectivity index (χ3v) is 4.07. The van der Waals surface area contributed by atoms with Gasteiger partial charge in [-0.2, -0.15) is 0 Å². The Morgan fingerprint density at radius 3 is 1.04 bits per heavy atom. The average Bonchev–Trinajstić information content (AvgIpc) is 2.66. The fourth-order valence-corrected chi connectivity index (χ4v) is 2.51. The monoisotopic (exact) mass is 398 g/mol. The van der Waals surface area contributed by atoms with Gasteiger partial charge in [-0.3, -0.25) is 9.59 Å². The SMILES string of the molecule is C=C(C)C(=O)N1CCOCCOCCN(C(=O)C(=C)C)CCOCCOCC1. The Balaban J connectivity index is 2.52. The lowest BCUT2D eigenvalue weighted by molar-refractivity contribution is -0.130. The van der Waals surface area contributed by atoms with Crippen molar-refractivity contribution < 1.29 is 28.5 Å². The molecule has 0 N–H and O–H groups in total. The molecule has 28 heavy (non-hydrogen) atoms. The van der Waals surface area contributed by atoms with Crippen molar-refractivity contribution in [2.75, 3.05) is 79.0 Å². The molecule has 0 atom stereocenters. The number of nitrogens with zero attached hydrogens (tertiary/aromatic N) is 2. The smallest absolute Gasteiger partial charge is 0.249 e. The lowest BCUT2D eigenvalue weighted by Gasteiger charge is -2.24. The number of hydrogen-bond acceptors (Lipinski definition) is 6. The van der Waals surface area contributed by atoms with Crippen molar-refractivity contribution in [3.63, 3.8) is 0 Å². The highest BCUT2D eigenvalue weighted by Gasteiger charge is 2.15. The molecule has 1 heterocycles. The first-order valence-electron chi connectivity index (χ1n) is 9.64. The van der Waals surface area contributed by atoms with Gasteiger partial charge in [-0.15, -0.1) is 0 Å². The molecule has 1 rings (SSSR count). The summed E-state index contributed by atoms with van der Waals surface area (Å²) in [5, 5.41) is 0. The number of amides is 2. The molecule has 1 fully saturated rings. The zero-order valence-electron chi connectivity index (χ0n) is 17.2. The van der Waals surface area contributed by atoms with Gasteiger partial charge in [-0.1, -0.05) is 13.2 Å². The summed E-state index contributed by atoms with van der Waals surface area (Å²) in [7, 11) is 0. The van der Waals surface area contributed by atoms with Crippen molar-refractivity contribution >= 4 is 11.8 Å². The predicted octanol–water partition coefficient (Wildman–Crippen LogP) is 0.876. The first-order chi connectivity index (χ1) is 13.4. The maximum atomic E-state index is 12.2. The van der Waals surface area contributed by atoms with Crippen molar-refractivity contribution in [2.45, 2.75) is 13.8 Å². The molecular weight excluding hydrogens is 364 g/mol. The van der Waals surface area contributed by atoms with Crippen LogP contribution in [0.1, 0.15) is 13.8 Å². The van der Waals surface area contributed by atoms with Gasteiger partial charge in [0.25, 0.3) is 0 Å². The van der Waals surface area contributed by atoms with Gasteiger partial charge in [0.2, 0.25) is 11.8 Å². The van der Waals surface area contributed by atoms with Crippen molar-refractivity contribution in [1.82, 2.24) is 9.80 Å². The van der Waals surface area contributed by atoms with E-state index in [-0.39, 0.29) is 11.8 Å². The molecule has 0 saturated carbocycles. The highest BCUT2D eigenvalue weighted by Crippen LogP contribution is 2.01. The first-order valence-corrected chi connectivity index (χ1v) is 9.64. The van der Waals surface area contributed by atoms with E-state index in [1.165, 1.54) is 0 Å². The molecule has 1 aliphatic rings. The molecule has 0 aromatic rings. The maximum absolute atomic E-state index is 12.2. The fourth-order valence-electron chi connectivity index (χ4n) is 2.51. The van der Waals surface area contributed by atoms with Gasteiger partial charge in [0.15, 0.2) is 0 Å². The normalized spacial score (nSPS) is 19.4. The van der Waals surface area contributed by atoms with Gasteiger partial charge in [-0.05, 0) is 13.8 Å². The highest BCUT2D eigenvalue weighted by molar-refractivity contribution is 5.92. The lowest BCUT2D eigenvalue weighted by Crippen LogP contribution is -2.38. The van der Waals surface area contributed by atoms with Crippen molar-refractivity contribution in [2.24, 2.45) is 0 Å². The van der Waals surface area contributed by atoms with E-state index < -0.39 is 0 Å². The van der Waals surface area contributed by atoms with Crippen LogP contribution in [-0.2, 0) is 28.5 Å². The third kappa shape index (κ3) is 9.98. The molecule has 1 aliphatic heterocycles. The topological polar surface area (TPSA) is 77.5 Å². The molecule has 0 bridgehead atoms. The molecule has 1 saturated heterocycles. The summed E-state index contributed by atoms with van der Waals surface area (Å²) in [6.07, 6.45) is 0. The molecule has 0 unspecified atom stereocenters. The quantitative estimate of drug-likeness (QED) is 0.643. The molecule has 0 spiro atoms. The van der Waals surface area contributed by atoms with Gasteiger partial charge < -0.3 is 28.7 Å². The largest absolute Gasteiger partial charge is 0.377 e. The Morgan fingerprint density at radius 1 is 0.571 bits per heavy atom. The van der Waals surface area contributed by atoms with E-state index in [2.05, 4.69) is 13.2 Å². The summed E-state index contributed by atoms with van der Waals surface area (Å²) in [6.45, 7) is 16.0. The van der Waals surface area contributed by atoms with E-state index in [1.807, 2.05) is 0 Å². The second kappa shape index (κ2) is 14.3. The number of ether oxygens (including phenoxy) is 4. The Hall–Kier alpha value is -1.74. The summed E-state index contributed by atoms with van der Waals surface area (Å²) >= 11 is 0.